The zero-order valence-corrected chi connectivity index (χ0v) is 10.8. The highest BCUT2D eigenvalue weighted by Gasteiger charge is 2.26. The summed E-state index contributed by atoms with van der Waals surface area (Å²) in [5, 5.41) is 3.09. The molecule has 0 aromatic heterocycles. The van der Waals surface area contributed by atoms with Gasteiger partial charge in [0.05, 0.1) is 12.6 Å². The second-order valence-corrected chi connectivity index (χ2v) is 5.09. The molecule has 2 amide bonds. The Labute approximate surface area is 104 Å². The number of hydrogen-bond acceptors (Lipinski definition) is 2. The lowest BCUT2D eigenvalue weighted by Gasteiger charge is -2.34. The molecule has 98 valence electrons. The van der Waals surface area contributed by atoms with E-state index in [1.54, 1.807) is 0 Å². The Kier molecular flexibility index (Phi) is 4.66. The summed E-state index contributed by atoms with van der Waals surface area (Å²) < 4.78 is 5.28. The quantitative estimate of drug-likeness (QED) is 0.821. The predicted octanol–water partition coefficient (Wildman–Crippen LogP) is 2.14. The summed E-state index contributed by atoms with van der Waals surface area (Å²) in [5.41, 5.74) is 0. The lowest BCUT2D eigenvalue weighted by molar-refractivity contribution is 0.152. The minimum atomic E-state index is 0.106. The maximum Gasteiger partial charge on any atom is 0.317 e. The van der Waals surface area contributed by atoms with Crippen molar-refractivity contribution < 1.29 is 9.53 Å². The molecule has 1 atom stereocenters. The first kappa shape index (κ1) is 12.7. The molecule has 0 aromatic carbocycles. The highest BCUT2D eigenvalue weighted by molar-refractivity contribution is 5.74. The van der Waals surface area contributed by atoms with Crippen molar-refractivity contribution in [2.24, 2.45) is 0 Å². The average Bonchev–Trinajstić information content (AvgIpc) is 2.84. The summed E-state index contributed by atoms with van der Waals surface area (Å²) in [5.74, 6) is 0. The smallest absolute Gasteiger partial charge is 0.317 e. The first-order valence-corrected chi connectivity index (χ1v) is 6.96. The SMILES string of the molecule is CCN(C(=O)NC1CCOC1)C1CCCCC1. The van der Waals surface area contributed by atoms with Crippen molar-refractivity contribution in [2.75, 3.05) is 19.8 Å². The molecule has 2 rings (SSSR count). The second kappa shape index (κ2) is 6.24. The summed E-state index contributed by atoms with van der Waals surface area (Å²) in [7, 11) is 0. The molecule has 1 N–H and O–H groups in total. The topological polar surface area (TPSA) is 41.6 Å². The number of carbonyl (C=O) groups excluding carboxylic acids is 1. The van der Waals surface area contributed by atoms with E-state index in [1.165, 1.54) is 32.1 Å². The van der Waals surface area contributed by atoms with Gasteiger partial charge in [0.2, 0.25) is 0 Å². The van der Waals surface area contributed by atoms with Gasteiger partial charge in [-0.3, -0.25) is 0 Å². The molecule has 17 heavy (non-hydrogen) atoms. The predicted molar refractivity (Wildman–Crippen MR) is 67.0 cm³/mol. The van der Waals surface area contributed by atoms with E-state index < -0.39 is 0 Å². The third kappa shape index (κ3) is 3.35. The van der Waals surface area contributed by atoms with Crippen LogP contribution in [0.2, 0.25) is 0 Å². The van der Waals surface area contributed by atoms with Gasteiger partial charge < -0.3 is 15.0 Å². The van der Waals surface area contributed by atoms with Crippen LogP contribution in [0.4, 0.5) is 4.79 Å². The molecule has 1 saturated carbocycles. The molecule has 1 heterocycles. The summed E-state index contributed by atoms with van der Waals surface area (Å²) >= 11 is 0. The van der Waals surface area contributed by atoms with E-state index >= 15 is 0 Å². The first-order chi connectivity index (χ1) is 8.31. The van der Waals surface area contributed by atoms with E-state index in [-0.39, 0.29) is 12.1 Å². The van der Waals surface area contributed by atoms with E-state index in [1.807, 2.05) is 4.90 Å². The zero-order valence-electron chi connectivity index (χ0n) is 10.8. The molecule has 2 fully saturated rings. The fourth-order valence-corrected chi connectivity index (χ4v) is 2.87. The van der Waals surface area contributed by atoms with Gasteiger partial charge in [0.25, 0.3) is 0 Å². The van der Waals surface area contributed by atoms with Crippen LogP contribution in [-0.4, -0.2) is 42.8 Å². The van der Waals surface area contributed by atoms with Gasteiger partial charge in [-0.2, -0.15) is 0 Å². The Bertz CT molecular complexity index is 246. The molecule has 1 aliphatic heterocycles. The van der Waals surface area contributed by atoms with E-state index in [9.17, 15) is 4.79 Å². The van der Waals surface area contributed by atoms with E-state index in [4.69, 9.17) is 4.74 Å². The number of nitrogens with one attached hydrogen (secondary N) is 1. The van der Waals surface area contributed by atoms with Crippen LogP contribution in [0.5, 0.6) is 0 Å². The molecule has 0 spiro atoms. The number of hydrogen-bond donors (Lipinski definition) is 1. The first-order valence-electron chi connectivity index (χ1n) is 6.96. The van der Waals surface area contributed by atoms with Crippen molar-refractivity contribution in [1.29, 1.82) is 0 Å². The number of urea groups is 1. The number of carbonyl (C=O) groups is 1. The Morgan fingerprint density at radius 2 is 2.06 bits per heavy atom. The number of amides is 2. The fraction of sp³-hybridized carbons (Fsp3) is 0.923. The van der Waals surface area contributed by atoms with Gasteiger partial charge in [0.15, 0.2) is 0 Å². The van der Waals surface area contributed by atoms with E-state index in [0.29, 0.717) is 12.6 Å². The van der Waals surface area contributed by atoms with Gasteiger partial charge in [-0.1, -0.05) is 19.3 Å². The Morgan fingerprint density at radius 1 is 1.29 bits per heavy atom. The molecular weight excluding hydrogens is 216 g/mol. The van der Waals surface area contributed by atoms with Crippen molar-refractivity contribution in [1.82, 2.24) is 10.2 Å². The third-order valence-corrected chi connectivity index (χ3v) is 3.87. The minimum absolute atomic E-state index is 0.106. The van der Waals surface area contributed by atoms with E-state index in [2.05, 4.69) is 12.2 Å². The highest BCUT2D eigenvalue weighted by Crippen LogP contribution is 2.22. The molecule has 1 aliphatic carbocycles. The van der Waals surface area contributed by atoms with Gasteiger partial charge in [-0.05, 0) is 26.2 Å². The molecule has 0 bridgehead atoms. The van der Waals surface area contributed by atoms with E-state index in [0.717, 1.165) is 19.6 Å². The summed E-state index contributed by atoms with van der Waals surface area (Å²) in [6.45, 7) is 4.33. The molecule has 1 saturated heterocycles. The Hall–Kier alpha value is -0.770. The average molecular weight is 240 g/mol. The van der Waals surface area contributed by atoms with Crippen LogP contribution < -0.4 is 5.32 Å². The van der Waals surface area contributed by atoms with Crippen molar-refractivity contribution in [3.63, 3.8) is 0 Å². The monoisotopic (exact) mass is 240 g/mol. The molecule has 0 aromatic rings. The zero-order chi connectivity index (χ0) is 12.1. The largest absolute Gasteiger partial charge is 0.379 e. The van der Waals surface area contributed by atoms with Crippen LogP contribution in [0.15, 0.2) is 0 Å². The lowest BCUT2D eigenvalue weighted by Crippen LogP contribution is -2.49. The standard InChI is InChI=1S/C13H24N2O2/c1-2-15(12-6-4-3-5-7-12)13(16)14-11-8-9-17-10-11/h11-12H,2-10H2,1H3,(H,14,16). The van der Waals surface area contributed by atoms with Gasteiger partial charge in [0, 0.05) is 19.2 Å². The van der Waals surface area contributed by atoms with Gasteiger partial charge in [-0.15, -0.1) is 0 Å². The lowest BCUT2D eigenvalue weighted by atomic mass is 9.94. The maximum atomic E-state index is 12.2. The van der Waals surface area contributed by atoms with Crippen LogP contribution in [0.1, 0.15) is 45.4 Å². The van der Waals surface area contributed by atoms with Gasteiger partial charge in [0.1, 0.15) is 0 Å². The van der Waals surface area contributed by atoms with Crippen molar-refractivity contribution in [3.05, 3.63) is 0 Å². The van der Waals surface area contributed by atoms with Crippen molar-refractivity contribution in [3.8, 4) is 0 Å². The summed E-state index contributed by atoms with van der Waals surface area (Å²) in [4.78, 5) is 14.2. The molecule has 4 heteroatoms. The normalized spacial score (nSPS) is 25.8. The summed E-state index contributed by atoms with van der Waals surface area (Å²) in [6, 6.07) is 0.783. The minimum Gasteiger partial charge on any atom is -0.379 e. The van der Waals surface area contributed by atoms with Crippen LogP contribution >= 0.6 is 0 Å². The Balaban J connectivity index is 1.84. The van der Waals surface area contributed by atoms with Crippen LogP contribution in [0.3, 0.4) is 0 Å². The molecule has 0 radical (unpaired) electrons. The number of ether oxygens (including phenoxy) is 1. The maximum absolute atomic E-state index is 12.2. The van der Waals surface area contributed by atoms with Crippen LogP contribution in [-0.2, 0) is 4.74 Å². The number of nitrogens with zero attached hydrogens (tertiary/aromatic N) is 1. The fourth-order valence-electron chi connectivity index (χ4n) is 2.87. The number of rotatable bonds is 3. The molecule has 2 aliphatic rings. The summed E-state index contributed by atoms with van der Waals surface area (Å²) in [6.07, 6.45) is 7.15. The van der Waals surface area contributed by atoms with Crippen molar-refractivity contribution in [2.45, 2.75) is 57.5 Å². The van der Waals surface area contributed by atoms with Gasteiger partial charge >= 0.3 is 6.03 Å². The highest BCUT2D eigenvalue weighted by atomic mass is 16.5. The molecule has 1 unspecified atom stereocenters. The second-order valence-electron chi connectivity index (χ2n) is 5.09. The molecule has 4 nitrogen and oxygen atoms in total. The van der Waals surface area contributed by atoms with Crippen molar-refractivity contribution >= 4 is 6.03 Å². The van der Waals surface area contributed by atoms with Crippen LogP contribution in [0, 0.1) is 0 Å². The third-order valence-electron chi connectivity index (χ3n) is 3.87. The molecular formula is C13H24N2O2. The Morgan fingerprint density at radius 3 is 2.65 bits per heavy atom. The van der Waals surface area contributed by atoms with Crippen LogP contribution in [0.25, 0.3) is 0 Å². The van der Waals surface area contributed by atoms with Gasteiger partial charge in [-0.25, -0.2) is 4.79 Å².